The zero-order valence-corrected chi connectivity index (χ0v) is 10.5. The van der Waals surface area contributed by atoms with Crippen LogP contribution in [0.25, 0.3) is 5.57 Å². The molecule has 0 saturated heterocycles. The summed E-state index contributed by atoms with van der Waals surface area (Å²) in [6, 6.07) is 7.88. The molecule has 0 radical (unpaired) electrons. The van der Waals surface area contributed by atoms with Crippen molar-refractivity contribution in [3.05, 3.63) is 35.9 Å². The Labute approximate surface area is 102 Å². The van der Waals surface area contributed by atoms with E-state index in [-0.39, 0.29) is 5.97 Å². The van der Waals surface area contributed by atoms with Gasteiger partial charge in [-0.15, -0.1) is 0 Å². The minimum atomic E-state index is -0.236. The van der Waals surface area contributed by atoms with Gasteiger partial charge in [0.15, 0.2) is 0 Å². The standard InChI is InChI=1S/C14H18O3/c1-11(5-4-10-17-12(2)15)13-6-8-14(16-3)9-7-13/h5-9H,4,10H2,1-3H3/b11-5+. The van der Waals surface area contributed by atoms with Gasteiger partial charge in [0.2, 0.25) is 0 Å². The Kier molecular flexibility index (Phi) is 5.27. The highest BCUT2D eigenvalue weighted by molar-refractivity contribution is 5.66. The number of carbonyl (C=O) groups excluding carboxylic acids is 1. The number of esters is 1. The minimum Gasteiger partial charge on any atom is -0.497 e. The fourth-order valence-corrected chi connectivity index (χ4v) is 1.45. The summed E-state index contributed by atoms with van der Waals surface area (Å²) >= 11 is 0. The second-order valence-electron chi connectivity index (χ2n) is 3.74. The first-order valence-electron chi connectivity index (χ1n) is 5.58. The van der Waals surface area contributed by atoms with Crippen LogP contribution in [-0.4, -0.2) is 19.7 Å². The molecule has 3 heteroatoms. The fourth-order valence-electron chi connectivity index (χ4n) is 1.45. The van der Waals surface area contributed by atoms with E-state index in [2.05, 4.69) is 6.08 Å². The maximum Gasteiger partial charge on any atom is 0.302 e. The number of rotatable bonds is 5. The Morgan fingerprint density at radius 2 is 1.88 bits per heavy atom. The van der Waals surface area contributed by atoms with Gasteiger partial charge < -0.3 is 9.47 Å². The van der Waals surface area contributed by atoms with Crippen molar-refractivity contribution in [3.63, 3.8) is 0 Å². The van der Waals surface area contributed by atoms with Crippen molar-refractivity contribution in [2.75, 3.05) is 13.7 Å². The Morgan fingerprint density at radius 3 is 2.41 bits per heavy atom. The third kappa shape index (κ3) is 4.72. The molecule has 0 N–H and O–H groups in total. The molecule has 0 aromatic heterocycles. The lowest BCUT2D eigenvalue weighted by Crippen LogP contribution is -1.99. The molecule has 92 valence electrons. The average molecular weight is 234 g/mol. The molecule has 0 aliphatic rings. The summed E-state index contributed by atoms with van der Waals surface area (Å²) < 4.78 is 9.96. The first-order chi connectivity index (χ1) is 8.13. The zero-order chi connectivity index (χ0) is 12.7. The summed E-state index contributed by atoms with van der Waals surface area (Å²) in [5, 5.41) is 0. The summed E-state index contributed by atoms with van der Waals surface area (Å²) in [4.78, 5) is 10.6. The normalized spacial score (nSPS) is 11.1. The molecule has 0 saturated carbocycles. The van der Waals surface area contributed by atoms with Crippen LogP contribution < -0.4 is 4.74 Å². The van der Waals surface area contributed by atoms with Crippen molar-refractivity contribution in [2.45, 2.75) is 20.3 Å². The predicted octanol–water partition coefficient (Wildman–Crippen LogP) is 3.05. The third-order valence-electron chi connectivity index (χ3n) is 2.42. The molecule has 0 unspecified atom stereocenters. The van der Waals surface area contributed by atoms with E-state index in [1.807, 2.05) is 31.2 Å². The summed E-state index contributed by atoms with van der Waals surface area (Å²) in [7, 11) is 1.65. The molecule has 0 aliphatic carbocycles. The number of carbonyl (C=O) groups is 1. The van der Waals surface area contributed by atoms with E-state index >= 15 is 0 Å². The van der Waals surface area contributed by atoms with Gasteiger partial charge in [0.05, 0.1) is 13.7 Å². The van der Waals surface area contributed by atoms with E-state index in [1.165, 1.54) is 12.5 Å². The molecule has 1 aromatic carbocycles. The molecule has 3 nitrogen and oxygen atoms in total. The second-order valence-corrected chi connectivity index (χ2v) is 3.74. The SMILES string of the molecule is COc1ccc(/C(C)=C/CCOC(C)=O)cc1. The van der Waals surface area contributed by atoms with Crippen LogP contribution in [0.5, 0.6) is 5.75 Å². The lowest BCUT2D eigenvalue weighted by molar-refractivity contribution is -0.140. The van der Waals surface area contributed by atoms with Gasteiger partial charge in [-0.1, -0.05) is 18.2 Å². The van der Waals surface area contributed by atoms with E-state index < -0.39 is 0 Å². The topological polar surface area (TPSA) is 35.5 Å². The minimum absolute atomic E-state index is 0.236. The summed E-state index contributed by atoms with van der Waals surface area (Å²) in [5.41, 5.74) is 2.31. The predicted molar refractivity (Wildman–Crippen MR) is 67.9 cm³/mol. The Morgan fingerprint density at radius 1 is 1.24 bits per heavy atom. The van der Waals surface area contributed by atoms with Gasteiger partial charge in [0.1, 0.15) is 5.75 Å². The molecular weight excluding hydrogens is 216 g/mol. The molecule has 0 amide bonds. The van der Waals surface area contributed by atoms with Gasteiger partial charge in [-0.2, -0.15) is 0 Å². The van der Waals surface area contributed by atoms with Crippen LogP contribution in [0.1, 0.15) is 25.8 Å². The van der Waals surface area contributed by atoms with Crippen LogP contribution in [0.15, 0.2) is 30.3 Å². The lowest BCUT2D eigenvalue weighted by Gasteiger charge is -2.04. The molecule has 1 aromatic rings. The number of ether oxygens (including phenoxy) is 2. The largest absolute Gasteiger partial charge is 0.497 e. The monoisotopic (exact) mass is 234 g/mol. The first-order valence-corrected chi connectivity index (χ1v) is 5.58. The highest BCUT2D eigenvalue weighted by atomic mass is 16.5. The van der Waals surface area contributed by atoms with E-state index in [0.29, 0.717) is 6.61 Å². The van der Waals surface area contributed by atoms with Crippen molar-refractivity contribution in [2.24, 2.45) is 0 Å². The van der Waals surface area contributed by atoms with E-state index in [0.717, 1.165) is 17.7 Å². The number of hydrogen-bond donors (Lipinski definition) is 0. The van der Waals surface area contributed by atoms with Crippen LogP contribution >= 0.6 is 0 Å². The van der Waals surface area contributed by atoms with E-state index in [9.17, 15) is 4.79 Å². The molecule has 0 fully saturated rings. The molecular formula is C14H18O3. The average Bonchev–Trinajstić information content (AvgIpc) is 2.34. The summed E-state index contributed by atoms with van der Waals surface area (Å²) in [6.45, 7) is 3.89. The van der Waals surface area contributed by atoms with Gasteiger partial charge >= 0.3 is 5.97 Å². The molecule has 17 heavy (non-hydrogen) atoms. The van der Waals surface area contributed by atoms with Crippen molar-refractivity contribution in [1.29, 1.82) is 0 Å². The lowest BCUT2D eigenvalue weighted by atomic mass is 10.1. The number of methoxy groups -OCH3 is 1. The van der Waals surface area contributed by atoms with Gasteiger partial charge in [-0.25, -0.2) is 0 Å². The van der Waals surface area contributed by atoms with Gasteiger partial charge in [-0.05, 0) is 30.2 Å². The van der Waals surface area contributed by atoms with Crippen molar-refractivity contribution < 1.29 is 14.3 Å². The highest BCUT2D eigenvalue weighted by Crippen LogP contribution is 2.18. The maximum atomic E-state index is 10.6. The van der Waals surface area contributed by atoms with Crippen LogP contribution in [0, 0.1) is 0 Å². The van der Waals surface area contributed by atoms with Gasteiger partial charge in [0, 0.05) is 13.3 Å². The smallest absolute Gasteiger partial charge is 0.302 e. The van der Waals surface area contributed by atoms with Crippen LogP contribution in [0.3, 0.4) is 0 Å². The molecule has 0 aliphatic heterocycles. The van der Waals surface area contributed by atoms with Crippen LogP contribution in [0.2, 0.25) is 0 Å². The van der Waals surface area contributed by atoms with Crippen molar-refractivity contribution in [1.82, 2.24) is 0 Å². The third-order valence-corrected chi connectivity index (χ3v) is 2.42. The second kappa shape index (κ2) is 6.74. The van der Waals surface area contributed by atoms with Crippen LogP contribution in [0.4, 0.5) is 0 Å². The van der Waals surface area contributed by atoms with Crippen LogP contribution in [-0.2, 0) is 9.53 Å². The first kappa shape index (κ1) is 13.3. The zero-order valence-electron chi connectivity index (χ0n) is 10.5. The van der Waals surface area contributed by atoms with Crippen molar-refractivity contribution >= 4 is 11.5 Å². The molecule has 0 bridgehead atoms. The van der Waals surface area contributed by atoms with Gasteiger partial charge in [0.25, 0.3) is 0 Å². The Bertz CT molecular complexity index is 390. The molecule has 1 rings (SSSR count). The molecule has 0 heterocycles. The number of hydrogen-bond acceptors (Lipinski definition) is 3. The van der Waals surface area contributed by atoms with E-state index in [1.54, 1.807) is 7.11 Å². The molecule has 0 atom stereocenters. The quantitative estimate of drug-likeness (QED) is 0.580. The van der Waals surface area contributed by atoms with Gasteiger partial charge in [-0.3, -0.25) is 4.79 Å². The Hall–Kier alpha value is -1.77. The highest BCUT2D eigenvalue weighted by Gasteiger charge is 1.97. The maximum absolute atomic E-state index is 10.6. The Balaban J connectivity index is 2.52. The molecule has 0 spiro atoms. The number of allylic oxidation sites excluding steroid dienone is 1. The van der Waals surface area contributed by atoms with Crippen molar-refractivity contribution in [3.8, 4) is 5.75 Å². The summed E-state index contributed by atoms with van der Waals surface area (Å²) in [5.74, 6) is 0.613. The summed E-state index contributed by atoms with van der Waals surface area (Å²) in [6.07, 6.45) is 2.79. The fraction of sp³-hybridized carbons (Fsp3) is 0.357. The number of benzene rings is 1. The van der Waals surface area contributed by atoms with E-state index in [4.69, 9.17) is 9.47 Å².